The Hall–Kier alpha value is -1.22. The summed E-state index contributed by atoms with van der Waals surface area (Å²) in [7, 11) is 0. The zero-order valence-corrected chi connectivity index (χ0v) is 10.7. The molecule has 92 valence electrons. The topological polar surface area (TPSA) is 41.1 Å². The number of amides is 1. The first-order valence-electron chi connectivity index (χ1n) is 5.94. The number of carbonyl (C=O) groups is 1. The van der Waals surface area contributed by atoms with Crippen LogP contribution in [-0.2, 0) is 4.79 Å². The minimum atomic E-state index is 0.123. The molecular formula is C13H17ClN2O. The van der Waals surface area contributed by atoms with Gasteiger partial charge in [-0.2, -0.15) is 0 Å². The first-order chi connectivity index (χ1) is 8.15. The second kappa shape index (κ2) is 5.41. The standard InChI is InChI=1S/C13H17ClN2O/c1-9-2-3-11(8-12(9)14)15-7-6-13(17)16-10-4-5-10/h2-3,8,10,15H,4-7H2,1H3,(H,16,17). The highest BCUT2D eigenvalue weighted by Gasteiger charge is 2.22. The lowest BCUT2D eigenvalue weighted by atomic mass is 10.2. The number of hydrogen-bond donors (Lipinski definition) is 2. The van der Waals surface area contributed by atoms with Gasteiger partial charge in [0.1, 0.15) is 0 Å². The van der Waals surface area contributed by atoms with Crippen LogP contribution in [0.2, 0.25) is 5.02 Å². The molecule has 3 nitrogen and oxygen atoms in total. The van der Waals surface area contributed by atoms with Gasteiger partial charge in [-0.1, -0.05) is 17.7 Å². The number of hydrogen-bond acceptors (Lipinski definition) is 2. The fraction of sp³-hybridized carbons (Fsp3) is 0.462. The van der Waals surface area contributed by atoms with E-state index in [2.05, 4.69) is 10.6 Å². The van der Waals surface area contributed by atoms with Gasteiger partial charge >= 0.3 is 0 Å². The number of anilines is 1. The number of rotatable bonds is 5. The van der Waals surface area contributed by atoms with Crippen molar-refractivity contribution in [3.05, 3.63) is 28.8 Å². The van der Waals surface area contributed by atoms with Gasteiger partial charge in [0.2, 0.25) is 5.91 Å². The maximum atomic E-state index is 11.4. The van der Waals surface area contributed by atoms with Gasteiger partial charge in [-0.05, 0) is 37.5 Å². The van der Waals surface area contributed by atoms with E-state index in [0.29, 0.717) is 19.0 Å². The van der Waals surface area contributed by atoms with E-state index in [1.807, 2.05) is 25.1 Å². The van der Waals surface area contributed by atoms with E-state index in [-0.39, 0.29) is 5.91 Å². The van der Waals surface area contributed by atoms with Crippen LogP contribution in [0.5, 0.6) is 0 Å². The van der Waals surface area contributed by atoms with E-state index in [4.69, 9.17) is 11.6 Å². The van der Waals surface area contributed by atoms with Crippen LogP contribution in [0.1, 0.15) is 24.8 Å². The molecule has 4 heteroatoms. The third kappa shape index (κ3) is 3.93. The third-order valence-electron chi connectivity index (χ3n) is 2.80. The van der Waals surface area contributed by atoms with Crippen LogP contribution in [0.3, 0.4) is 0 Å². The Morgan fingerprint density at radius 3 is 2.88 bits per heavy atom. The fourth-order valence-electron chi connectivity index (χ4n) is 1.55. The molecule has 1 saturated carbocycles. The van der Waals surface area contributed by atoms with Crippen LogP contribution in [0, 0.1) is 6.92 Å². The van der Waals surface area contributed by atoms with Crippen molar-refractivity contribution in [1.82, 2.24) is 5.32 Å². The van der Waals surface area contributed by atoms with E-state index >= 15 is 0 Å². The highest BCUT2D eigenvalue weighted by Crippen LogP contribution is 2.20. The summed E-state index contributed by atoms with van der Waals surface area (Å²) in [4.78, 5) is 11.4. The lowest BCUT2D eigenvalue weighted by Gasteiger charge is -2.08. The summed E-state index contributed by atoms with van der Waals surface area (Å²) < 4.78 is 0. The number of benzene rings is 1. The molecule has 0 radical (unpaired) electrons. The number of carbonyl (C=O) groups excluding carboxylic acids is 1. The smallest absolute Gasteiger partial charge is 0.221 e. The summed E-state index contributed by atoms with van der Waals surface area (Å²) in [5.74, 6) is 0.123. The lowest BCUT2D eigenvalue weighted by molar-refractivity contribution is -0.120. The van der Waals surface area contributed by atoms with Crippen molar-refractivity contribution in [2.24, 2.45) is 0 Å². The summed E-state index contributed by atoms with van der Waals surface area (Å²) in [5, 5.41) is 6.90. The molecule has 0 bridgehead atoms. The average molecular weight is 253 g/mol. The third-order valence-corrected chi connectivity index (χ3v) is 3.20. The van der Waals surface area contributed by atoms with Crippen molar-refractivity contribution in [3.8, 4) is 0 Å². The molecule has 1 aliphatic carbocycles. The second-order valence-electron chi connectivity index (χ2n) is 4.48. The largest absolute Gasteiger partial charge is 0.384 e. The molecule has 0 spiro atoms. The molecule has 1 aromatic carbocycles. The molecule has 2 N–H and O–H groups in total. The zero-order valence-electron chi connectivity index (χ0n) is 9.92. The number of nitrogens with one attached hydrogen (secondary N) is 2. The molecule has 1 amide bonds. The summed E-state index contributed by atoms with van der Waals surface area (Å²) in [6.07, 6.45) is 2.77. The van der Waals surface area contributed by atoms with Crippen molar-refractivity contribution < 1.29 is 4.79 Å². The maximum absolute atomic E-state index is 11.4. The van der Waals surface area contributed by atoms with Gasteiger partial charge in [-0.25, -0.2) is 0 Å². The van der Waals surface area contributed by atoms with Crippen LogP contribution < -0.4 is 10.6 Å². The highest BCUT2D eigenvalue weighted by atomic mass is 35.5. The van der Waals surface area contributed by atoms with Gasteiger partial charge in [-0.15, -0.1) is 0 Å². The predicted octanol–water partition coefficient (Wildman–Crippen LogP) is 2.73. The van der Waals surface area contributed by atoms with Crippen molar-refractivity contribution in [2.75, 3.05) is 11.9 Å². The van der Waals surface area contributed by atoms with Gasteiger partial charge in [0.15, 0.2) is 0 Å². The van der Waals surface area contributed by atoms with Crippen molar-refractivity contribution in [1.29, 1.82) is 0 Å². The van der Waals surface area contributed by atoms with Crippen LogP contribution in [0.15, 0.2) is 18.2 Å². The Kier molecular flexibility index (Phi) is 3.89. The minimum Gasteiger partial charge on any atom is -0.384 e. The lowest BCUT2D eigenvalue weighted by Crippen LogP contribution is -2.27. The quantitative estimate of drug-likeness (QED) is 0.846. The maximum Gasteiger partial charge on any atom is 0.221 e. The Morgan fingerprint density at radius 1 is 1.47 bits per heavy atom. The molecule has 1 aliphatic rings. The molecule has 1 fully saturated rings. The Balaban J connectivity index is 1.73. The minimum absolute atomic E-state index is 0.123. The highest BCUT2D eigenvalue weighted by molar-refractivity contribution is 6.31. The predicted molar refractivity (Wildman–Crippen MR) is 70.5 cm³/mol. The normalized spacial score (nSPS) is 14.5. The van der Waals surface area contributed by atoms with E-state index < -0.39 is 0 Å². The Morgan fingerprint density at radius 2 is 2.24 bits per heavy atom. The van der Waals surface area contributed by atoms with Gasteiger partial charge < -0.3 is 10.6 Å². The fourth-order valence-corrected chi connectivity index (χ4v) is 1.73. The molecule has 0 aromatic heterocycles. The molecule has 0 saturated heterocycles. The summed E-state index contributed by atoms with van der Waals surface area (Å²) in [5.41, 5.74) is 2.02. The van der Waals surface area contributed by atoms with Crippen molar-refractivity contribution >= 4 is 23.2 Å². The molecule has 0 heterocycles. The van der Waals surface area contributed by atoms with Gasteiger partial charge in [0.25, 0.3) is 0 Å². The van der Waals surface area contributed by atoms with Crippen LogP contribution in [-0.4, -0.2) is 18.5 Å². The monoisotopic (exact) mass is 252 g/mol. The summed E-state index contributed by atoms with van der Waals surface area (Å²) in [6, 6.07) is 6.27. The van der Waals surface area contributed by atoms with Gasteiger partial charge in [0.05, 0.1) is 0 Å². The van der Waals surface area contributed by atoms with Crippen molar-refractivity contribution in [2.45, 2.75) is 32.2 Å². The van der Waals surface area contributed by atoms with E-state index in [0.717, 1.165) is 29.1 Å². The van der Waals surface area contributed by atoms with Crippen molar-refractivity contribution in [3.63, 3.8) is 0 Å². The number of aryl methyl sites for hydroxylation is 1. The number of halogens is 1. The SMILES string of the molecule is Cc1ccc(NCCC(=O)NC2CC2)cc1Cl. The Bertz CT molecular complexity index is 416. The molecule has 0 unspecified atom stereocenters. The van der Waals surface area contributed by atoms with E-state index in [1.54, 1.807) is 0 Å². The average Bonchev–Trinajstić information content (AvgIpc) is 3.07. The summed E-state index contributed by atoms with van der Waals surface area (Å²) >= 11 is 6.01. The molecule has 1 aromatic rings. The molecular weight excluding hydrogens is 236 g/mol. The molecule has 0 aliphatic heterocycles. The van der Waals surface area contributed by atoms with Gasteiger partial charge in [-0.3, -0.25) is 4.79 Å². The molecule has 17 heavy (non-hydrogen) atoms. The second-order valence-corrected chi connectivity index (χ2v) is 4.89. The Labute approximate surface area is 107 Å². The van der Waals surface area contributed by atoms with E-state index in [1.165, 1.54) is 0 Å². The van der Waals surface area contributed by atoms with Crippen LogP contribution >= 0.6 is 11.6 Å². The molecule has 0 atom stereocenters. The summed E-state index contributed by atoms with van der Waals surface area (Å²) in [6.45, 7) is 2.60. The van der Waals surface area contributed by atoms with E-state index in [9.17, 15) is 4.79 Å². The first-order valence-corrected chi connectivity index (χ1v) is 6.32. The van der Waals surface area contributed by atoms with Crippen LogP contribution in [0.25, 0.3) is 0 Å². The molecule has 2 rings (SSSR count). The zero-order chi connectivity index (χ0) is 12.3. The van der Waals surface area contributed by atoms with Crippen LogP contribution in [0.4, 0.5) is 5.69 Å². The van der Waals surface area contributed by atoms with Gasteiger partial charge in [0, 0.05) is 29.7 Å². The first kappa shape index (κ1) is 12.2.